The van der Waals surface area contributed by atoms with Crippen LogP contribution in [0.4, 0.5) is 5.82 Å². The van der Waals surface area contributed by atoms with Gasteiger partial charge in [0.2, 0.25) is 5.91 Å². The first-order chi connectivity index (χ1) is 19.0. The van der Waals surface area contributed by atoms with Crippen LogP contribution in [-0.4, -0.2) is 41.4 Å². The Morgan fingerprint density at radius 2 is 1.68 bits per heavy atom. The number of aryl methyl sites for hydroxylation is 1. The summed E-state index contributed by atoms with van der Waals surface area (Å²) in [6.45, 7) is 12.2. The summed E-state index contributed by atoms with van der Waals surface area (Å²) in [6.07, 6.45) is 12.4. The summed E-state index contributed by atoms with van der Waals surface area (Å²) in [5.41, 5.74) is 10.4. The molecule has 0 aliphatic heterocycles. The molecule has 0 radical (unpaired) electrons. The van der Waals surface area contributed by atoms with Gasteiger partial charge in [0.25, 0.3) is 0 Å². The number of nitrogens with one attached hydrogen (secondary N) is 1. The molecule has 0 unspecified atom stereocenters. The molecule has 222 valence electrons. The molecule has 2 aromatic rings. The second-order valence-electron chi connectivity index (χ2n) is 13.3. The third kappa shape index (κ3) is 7.96. The van der Waals surface area contributed by atoms with Crippen LogP contribution in [0.2, 0.25) is 30.8 Å². The maximum absolute atomic E-state index is 13.5. The third-order valence-electron chi connectivity index (χ3n) is 9.07. The molecule has 2 aliphatic carbocycles. The van der Waals surface area contributed by atoms with Gasteiger partial charge in [-0.05, 0) is 49.8 Å². The van der Waals surface area contributed by atoms with Crippen molar-refractivity contribution in [2.24, 2.45) is 23.5 Å². The van der Waals surface area contributed by atoms with Crippen molar-refractivity contribution < 1.29 is 9.53 Å². The fourth-order valence-corrected chi connectivity index (χ4v) is 7.83. The Kier molecular flexibility index (Phi) is 10.9. The van der Waals surface area contributed by atoms with Crippen molar-refractivity contribution in [3.63, 3.8) is 0 Å². The quantitative estimate of drug-likeness (QED) is 0.160. The first kappa shape index (κ1) is 31.2. The summed E-state index contributed by atoms with van der Waals surface area (Å²) in [5, 5.41) is 8.04. The molecule has 40 heavy (non-hydrogen) atoms. The zero-order valence-electron chi connectivity index (χ0n) is 25.3. The Morgan fingerprint density at radius 3 is 2.23 bits per heavy atom. The summed E-state index contributed by atoms with van der Waals surface area (Å²) in [6, 6.07) is 4.33. The molecule has 1 amide bonds. The van der Waals surface area contributed by atoms with Crippen molar-refractivity contribution in [1.82, 2.24) is 14.8 Å². The van der Waals surface area contributed by atoms with Gasteiger partial charge in [0.15, 0.2) is 0 Å². The van der Waals surface area contributed by atoms with Crippen LogP contribution in [0.25, 0.3) is 11.1 Å². The van der Waals surface area contributed by atoms with Crippen LogP contribution < -0.4 is 11.1 Å². The predicted octanol–water partition coefficient (Wildman–Crippen LogP) is 7.57. The molecule has 2 aliphatic rings. The van der Waals surface area contributed by atoms with Gasteiger partial charge in [-0.1, -0.05) is 95.5 Å². The van der Waals surface area contributed by atoms with Crippen LogP contribution in [0, 0.1) is 31.6 Å². The second kappa shape index (κ2) is 13.9. The number of aromatic nitrogens is 3. The molecule has 0 bridgehead atoms. The van der Waals surface area contributed by atoms with Crippen molar-refractivity contribution in [1.29, 1.82) is 0 Å². The molecular weight excluding hydrogens is 538 g/mol. The number of pyridine rings is 1. The Balaban J connectivity index is 1.45. The average Bonchev–Trinajstić information content (AvgIpc) is 3.20. The predicted molar refractivity (Wildman–Crippen MR) is 167 cm³/mol. The summed E-state index contributed by atoms with van der Waals surface area (Å²) in [5.74, 6) is 1.61. The number of nitrogens with zero attached hydrogens (tertiary/aromatic N) is 3. The van der Waals surface area contributed by atoms with E-state index in [1.807, 2.05) is 30.7 Å². The SMILES string of the molecule is Cc1nn(COCC[Si](C)(C)C)c(C)c1-c1ccc(NC(=O)[C@@H](N)C(C2CCCCC2)C2CCCCC2)nc1Cl. The highest BCUT2D eigenvalue weighted by Gasteiger charge is 2.38. The van der Waals surface area contributed by atoms with Gasteiger partial charge in [-0.25, -0.2) is 9.67 Å². The van der Waals surface area contributed by atoms with Gasteiger partial charge in [0.1, 0.15) is 17.7 Å². The lowest BCUT2D eigenvalue weighted by Gasteiger charge is -2.40. The zero-order chi connectivity index (χ0) is 28.9. The van der Waals surface area contributed by atoms with Crippen molar-refractivity contribution in [2.75, 3.05) is 11.9 Å². The van der Waals surface area contributed by atoms with Crippen molar-refractivity contribution in [3.8, 4) is 11.1 Å². The monoisotopic (exact) mass is 587 g/mol. The molecule has 9 heteroatoms. The van der Waals surface area contributed by atoms with Gasteiger partial charge in [-0.15, -0.1) is 0 Å². The van der Waals surface area contributed by atoms with Gasteiger partial charge in [0.05, 0.1) is 11.7 Å². The van der Waals surface area contributed by atoms with Gasteiger partial charge in [0, 0.05) is 31.5 Å². The minimum atomic E-state index is -1.14. The summed E-state index contributed by atoms with van der Waals surface area (Å²) < 4.78 is 7.82. The van der Waals surface area contributed by atoms with E-state index in [0.717, 1.165) is 35.2 Å². The Labute approximate surface area is 247 Å². The first-order valence-corrected chi connectivity index (χ1v) is 19.5. The van der Waals surface area contributed by atoms with Crippen molar-refractivity contribution >= 4 is 31.4 Å². The number of carbonyl (C=O) groups excluding carboxylic acids is 1. The van der Waals surface area contributed by atoms with Crippen LogP contribution in [-0.2, 0) is 16.3 Å². The molecule has 7 nitrogen and oxygen atoms in total. The fraction of sp³-hybridized carbons (Fsp3) is 0.710. The van der Waals surface area contributed by atoms with E-state index in [9.17, 15) is 4.79 Å². The van der Waals surface area contributed by atoms with Gasteiger partial charge in [-0.2, -0.15) is 5.10 Å². The van der Waals surface area contributed by atoms with E-state index < -0.39 is 14.1 Å². The maximum atomic E-state index is 13.5. The van der Waals surface area contributed by atoms with E-state index in [-0.39, 0.29) is 11.8 Å². The van der Waals surface area contributed by atoms with Crippen LogP contribution in [0.3, 0.4) is 0 Å². The van der Waals surface area contributed by atoms with E-state index in [4.69, 9.17) is 27.2 Å². The molecule has 0 saturated heterocycles. The minimum Gasteiger partial charge on any atom is -0.360 e. The zero-order valence-corrected chi connectivity index (χ0v) is 27.0. The highest BCUT2D eigenvalue weighted by molar-refractivity contribution is 6.76. The van der Waals surface area contributed by atoms with Gasteiger partial charge < -0.3 is 15.8 Å². The second-order valence-corrected chi connectivity index (χ2v) is 19.3. The van der Waals surface area contributed by atoms with Crippen LogP contribution in [0.15, 0.2) is 12.1 Å². The summed E-state index contributed by atoms with van der Waals surface area (Å²) in [7, 11) is -1.14. The first-order valence-electron chi connectivity index (χ1n) is 15.4. The molecule has 2 heterocycles. The molecule has 1 atom stereocenters. The maximum Gasteiger partial charge on any atom is 0.242 e. The van der Waals surface area contributed by atoms with Crippen LogP contribution >= 0.6 is 11.6 Å². The summed E-state index contributed by atoms with van der Waals surface area (Å²) >= 11 is 6.71. The molecule has 2 saturated carbocycles. The average molecular weight is 588 g/mol. The van der Waals surface area contributed by atoms with E-state index >= 15 is 0 Å². The van der Waals surface area contributed by atoms with Crippen LogP contribution in [0.1, 0.15) is 75.6 Å². The lowest BCUT2D eigenvalue weighted by molar-refractivity contribution is -0.120. The number of hydrogen-bond donors (Lipinski definition) is 2. The number of amides is 1. The number of carbonyl (C=O) groups is 1. The van der Waals surface area contributed by atoms with E-state index in [1.165, 1.54) is 64.2 Å². The largest absolute Gasteiger partial charge is 0.360 e. The van der Waals surface area contributed by atoms with Gasteiger partial charge >= 0.3 is 0 Å². The Morgan fingerprint density at radius 1 is 1.07 bits per heavy atom. The van der Waals surface area contributed by atoms with E-state index in [1.54, 1.807) is 0 Å². The standard InChI is InChI=1S/C31H50ClN5O2Si/c1-21-27(22(2)37(36-21)20-39-18-19-40(3,4)5)25-16-17-26(34-30(25)32)35-31(38)29(33)28(23-12-8-6-9-13-23)24-14-10-7-11-15-24/h16-17,23-24,28-29H,6-15,18-20,33H2,1-5H3,(H,34,35,38)/t29-/m0/s1. The number of rotatable bonds is 11. The molecule has 2 aromatic heterocycles. The third-order valence-corrected chi connectivity index (χ3v) is 11.1. The lowest BCUT2D eigenvalue weighted by Crippen LogP contribution is -2.48. The highest BCUT2D eigenvalue weighted by Crippen LogP contribution is 2.41. The number of nitrogens with two attached hydrogens (primary N) is 1. The smallest absolute Gasteiger partial charge is 0.242 e. The molecule has 0 aromatic carbocycles. The lowest BCUT2D eigenvalue weighted by atomic mass is 9.66. The Hall–Kier alpha value is -1.74. The number of ether oxygens (including phenoxy) is 1. The topological polar surface area (TPSA) is 95.1 Å². The van der Waals surface area contributed by atoms with Crippen molar-refractivity contribution in [3.05, 3.63) is 28.7 Å². The normalized spacial score (nSPS) is 18.3. The molecular formula is C31H50ClN5O2Si. The number of anilines is 1. The van der Waals surface area contributed by atoms with E-state index in [2.05, 4.69) is 29.9 Å². The molecule has 3 N–H and O–H groups in total. The fourth-order valence-electron chi connectivity index (χ4n) is 6.83. The van der Waals surface area contributed by atoms with E-state index in [0.29, 0.717) is 29.5 Å². The molecule has 4 rings (SSSR count). The molecule has 0 spiro atoms. The highest BCUT2D eigenvalue weighted by atomic mass is 35.5. The van der Waals surface area contributed by atoms with Crippen LogP contribution in [0.5, 0.6) is 0 Å². The summed E-state index contributed by atoms with van der Waals surface area (Å²) in [4.78, 5) is 18.0. The van der Waals surface area contributed by atoms with Crippen molar-refractivity contribution in [2.45, 2.75) is 117 Å². The number of hydrogen-bond acceptors (Lipinski definition) is 5. The molecule has 2 fully saturated rings. The number of halogens is 1. The Bertz CT molecular complexity index is 1120. The van der Waals surface area contributed by atoms with Gasteiger partial charge in [-0.3, -0.25) is 4.79 Å². The minimum absolute atomic E-state index is 0.145.